The number of methoxy groups -OCH3 is 1. The van der Waals surface area contributed by atoms with E-state index in [1.165, 1.54) is 6.08 Å². The first-order valence-corrected chi connectivity index (χ1v) is 12.6. The van der Waals surface area contributed by atoms with Gasteiger partial charge in [0.05, 0.1) is 33.5 Å². The first-order chi connectivity index (χ1) is 19.0. The average molecular weight is 530 g/mol. The number of carbonyl (C=O) groups is 3. The zero-order valence-electron chi connectivity index (χ0n) is 21.7. The molecule has 0 spiro atoms. The fraction of sp³-hybridized carbons (Fsp3) is 0.233. The van der Waals surface area contributed by atoms with Gasteiger partial charge in [0, 0.05) is 18.8 Å². The molecule has 39 heavy (non-hydrogen) atoms. The van der Waals surface area contributed by atoms with E-state index in [1.807, 2.05) is 78.9 Å². The van der Waals surface area contributed by atoms with Crippen molar-refractivity contribution < 1.29 is 28.6 Å². The third-order valence-electron chi connectivity index (χ3n) is 6.06. The number of amides is 4. The second kappa shape index (κ2) is 13.9. The lowest BCUT2D eigenvalue weighted by molar-refractivity contribution is -0.123. The molecule has 9 heteroatoms. The molecule has 1 aliphatic rings. The Morgan fingerprint density at radius 3 is 1.85 bits per heavy atom. The SMILES string of the molecule is COc1ccc(COCCN(CCOCc2ccccc2)c2ccc(C=C3C(=O)NC(=O)NC3=O)cc2)cc1. The molecule has 0 atom stereocenters. The average Bonchev–Trinajstić information content (AvgIpc) is 2.95. The van der Waals surface area contributed by atoms with Gasteiger partial charge in [0.2, 0.25) is 0 Å². The number of nitrogens with zero attached hydrogens (tertiary/aromatic N) is 1. The van der Waals surface area contributed by atoms with Crippen molar-refractivity contribution in [1.82, 2.24) is 10.6 Å². The monoisotopic (exact) mass is 529 g/mol. The predicted octanol–water partition coefficient (Wildman–Crippen LogP) is 3.68. The Labute approximate surface area is 227 Å². The molecule has 0 radical (unpaired) electrons. The van der Waals surface area contributed by atoms with Crippen molar-refractivity contribution in [3.8, 4) is 5.75 Å². The van der Waals surface area contributed by atoms with Gasteiger partial charge in [-0.1, -0.05) is 54.6 Å². The molecular weight excluding hydrogens is 498 g/mol. The summed E-state index contributed by atoms with van der Waals surface area (Å²) >= 11 is 0. The number of urea groups is 1. The summed E-state index contributed by atoms with van der Waals surface area (Å²) in [4.78, 5) is 37.5. The van der Waals surface area contributed by atoms with Crippen LogP contribution in [-0.2, 0) is 32.3 Å². The Morgan fingerprint density at radius 2 is 1.28 bits per heavy atom. The second-order valence-electron chi connectivity index (χ2n) is 8.81. The van der Waals surface area contributed by atoms with Crippen molar-refractivity contribution in [2.75, 3.05) is 38.3 Å². The molecule has 202 valence electrons. The first kappa shape index (κ1) is 27.6. The number of rotatable bonds is 13. The van der Waals surface area contributed by atoms with Crippen LogP contribution in [0.5, 0.6) is 5.75 Å². The Hall–Kier alpha value is -4.47. The van der Waals surface area contributed by atoms with Gasteiger partial charge in [-0.3, -0.25) is 20.2 Å². The van der Waals surface area contributed by atoms with Crippen LogP contribution in [0, 0.1) is 0 Å². The molecule has 9 nitrogen and oxygen atoms in total. The summed E-state index contributed by atoms with van der Waals surface area (Å²) in [5, 5.41) is 4.15. The van der Waals surface area contributed by atoms with Crippen molar-refractivity contribution in [3.63, 3.8) is 0 Å². The molecule has 0 saturated carbocycles. The van der Waals surface area contributed by atoms with Crippen LogP contribution in [0.3, 0.4) is 0 Å². The lowest BCUT2D eigenvalue weighted by Gasteiger charge is -2.25. The van der Waals surface area contributed by atoms with Crippen molar-refractivity contribution in [3.05, 3.63) is 101 Å². The van der Waals surface area contributed by atoms with Crippen LogP contribution < -0.4 is 20.3 Å². The molecule has 3 aromatic rings. The van der Waals surface area contributed by atoms with Crippen molar-refractivity contribution in [2.45, 2.75) is 13.2 Å². The Kier molecular flexibility index (Phi) is 9.82. The highest BCUT2D eigenvalue weighted by Crippen LogP contribution is 2.18. The van der Waals surface area contributed by atoms with Crippen LogP contribution in [-0.4, -0.2) is 51.3 Å². The molecule has 1 aliphatic heterocycles. The van der Waals surface area contributed by atoms with E-state index in [4.69, 9.17) is 14.2 Å². The largest absolute Gasteiger partial charge is 0.497 e. The molecule has 0 unspecified atom stereocenters. The van der Waals surface area contributed by atoms with E-state index in [9.17, 15) is 14.4 Å². The summed E-state index contributed by atoms with van der Waals surface area (Å²) in [5.74, 6) is -0.643. The summed E-state index contributed by atoms with van der Waals surface area (Å²) < 4.78 is 17.0. The minimum atomic E-state index is -0.822. The number of hydrogen-bond donors (Lipinski definition) is 2. The van der Waals surface area contributed by atoms with Crippen molar-refractivity contribution in [1.29, 1.82) is 0 Å². The Bertz CT molecular complexity index is 1270. The summed E-state index contributed by atoms with van der Waals surface area (Å²) in [6, 6.07) is 24.4. The van der Waals surface area contributed by atoms with Gasteiger partial charge in [0.15, 0.2) is 0 Å². The normalized spacial score (nSPS) is 13.1. The van der Waals surface area contributed by atoms with Crippen LogP contribution in [0.25, 0.3) is 6.08 Å². The standard InChI is InChI=1S/C30H31N3O6/c1-37-26-13-9-24(10-14-26)21-39-18-16-33(15-17-38-20-23-5-3-2-4-6-23)25-11-7-22(8-12-25)19-27-28(34)31-30(36)32-29(27)35/h2-14,19H,15-18,20-21H2,1H3,(H2,31,32,34,35,36). The smallest absolute Gasteiger partial charge is 0.328 e. The number of ether oxygens (including phenoxy) is 3. The van der Waals surface area contributed by atoms with Crippen LogP contribution in [0.4, 0.5) is 10.5 Å². The number of hydrogen-bond acceptors (Lipinski definition) is 7. The maximum Gasteiger partial charge on any atom is 0.328 e. The molecule has 1 heterocycles. The molecule has 4 rings (SSSR count). The number of barbiturate groups is 1. The van der Waals surface area contributed by atoms with Crippen LogP contribution in [0.15, 0.2) is 84.4 Å². The molecular formula is C30H31N3O6. The van der Waals surface area contributed by atoms with Gasteiger partial charge in [-0.05, 0) is 47.0 Å². The fourth-order valence-electron chi connectivity index (χ4n) is 3.95. The Balaban J connectivity index is 1.37. The zero-order valence-corrected chi connectivity index (χ0v) is 21.7. The van der Waals surface area contributed by atoms with Gasteiger partial charge in [-0.15, -0.1) is 0 Å². The minimum Gasteiger partial charge on any atom is -0.497 e. The molecule has 0 aromatic heterocycles. The molecule has 1 saturated heterocycles. The summed E-state index contributed by atoms with van der Waals surface area (Å²) in [5.41, 5.74) is 3.65. The summed E-state index contributed by atoms with van der Waals surface area (Å²) in [7, 11) is 1.64. The van der Waals surface area contributed by atoms with Gasteiger partial charge in [0.1, 0.15) is 11.3 Å². The van der Waals surface area contributed by atoms with Gasteiger partial charge in [-0.25, -0.2) is 4.79 Å². The van der Waals surface area contributed by atoms with Gasteiger partial charge >= 0.3 is 6.03 Å². The van der Waals surface area contributed by atoms with Crippen molar-refractivity contribution >= 4 is 29.6 Å². The van der Waals surface area contributed by atoms with Gasteiger partial charge < -0.3 is 19.1 Å². The maximum atomic E-state index is 12.0. The molecule has 0 bridgehead atoms. The van der Waals surface area contributed by atoms with Crippen LogP contribution in [0.2, 0.25) is 0 Å². The second-order valence-corrected chi connectivity index (χ2v) is 8.81. The molecule has 4 amide bonds. The van der Waals surface area contributed by atoms with Crippen LogP contribution in [0.1, 0.15) is 16.7 Å². The van der Waals surface area contributed by atoms with E-state index in [0.29, 0.717) is 45.1 Å². The van der Waals surface area contributed by atoms with E-state index >= 15 is 0 Å². The number of nitrogens with one attached hydrogen (secondary N) is 2. The summed E-state index contributed by atoms with van der Waals surface area (Å²) in [6.07, 6.45) is 1.45. The zero-order chi connectivity index (χ0) is 27.5. The number of imide groups is 2. The highest BCUT2D eigenvalue weighted by atomic mass is 16.5. The molecule has 1 fully saturated rings. The van der Waals surface area contributed by atoms with E-state index in [1.54, 1.807) is 7.11 Å². The first-order valence-electron chi connectivity index (χ1n) is 12.6. The van der Waals surface area contributed by atoms with E-state index in [2.05, 4.69) is 15.5 Å². The van der Waals surface area contributed by atoms with Crippen molar-refractivity contribution in [2.24, 2.45) is 0 Å². The Morgan fingerprint density at radius 1 is 0.718 bits per heavy atom. The topological polar surface area (TPSA) is 106 Å². The quantitative estimate of drug-likeness (QED) is 0.198. The number of anilines is 1. The lowest BCUT2D eigenvalue weighted by Crippen LogP contribution is -2.51. The van der Waals surface area contributed by atoms with E-state index in [-0.39, 0.29) is 5.57 Å². The predicted molar refractivity (Wildman–Crippen MR) is 147 cm³/mol. The third kappa shape index (κ3) is 8.26. The van der Waals surface area contributed by atoms with E-state index < -0.39 is 17.8 Å². The maximum absolute atomic E-state index is 12.0. The summed E-state index contributed by atoms with van der Waals surface area (Å²) in [6.45, 7) is 3.33. The number of benzene rings is 3. The van der Waals surface area contributed by atoms with Crippen LogP contribution >= 0.6 is 0 Å². The highest BCUT2D eigenvalue weighted by molar-refractivity contribution is 6.31. The number of carbonyl (C=O) groups excluding carboxylic acids is 3. The third-order valence-corrected chi connectivity index (χ3v) is 6.06. The fourth-order valence-corrected chi connectivity index (χ4v) is 3.95. The molecule has 3 aromatic carbocycles. The molecule has 0 aliphatic carbocycles. The van der Waals surface area contributed by atoms with E-state index in [0.717, 1.165) is 22.6 Å². The highest BCUT2D eigenvalue weighted by Gasteiger charge is 2.27. The lowest BCUT2D eigenvalue weighted by atomic mass is 10.1. The minimum absolute atomic E-state index is 0.125. The van der Waals surface area contributed by atoms with Gasteiger partial charge in [0.25, 0.3) is 11.8 Å². The van der Waals surface area contributed by atoms with Gasteiger partial charge in [-0.2, -0.15) is 0 Å². The molecule has 2 N–H and O–H groups in total.